The van der Waals surface area contributed by atoms with Gasteiger partial charge in [-0.15, -0.1) is 11.8 Å². The zero-order valence-electron chi connectivity index (χ0n) is 17.6. The lowest BCUT2D eigenvalue weighted by Crippen LogP contribution is -2.28. The number of carbonyl (C=O) groups excluding carboxylic acids is 2. The van der Waals surface area contributed by atoms with Crippen molar-refractivity contribution in [3.05, 3.63) is 99.1 Å². The molecule has 0 aromatic heterocycles. The van der Waals surface area contributed by atoms with Crippen molar-refractivity contribution in [1.82, 2.24) is 0 Å². The van der Waals surface area contributed by atoms with Crippen molar-refractivity contribution in [2.45, 2.75) is 19.2 Å². The van der Waals surface area contributed by atoms with Gasteiger partial charge in [-0.25, -0.2) is 0 Å². The molecular formula is C24H21N3O4S. The molecule has 1 aliphatic heterocycles. The number of nitrogens with zero attached hydrogens (tertiary/aromatic N) is 2. The Morgan fingerprint density at radius 3 is 2.50 bits per heavy atom. The number of thioether (sulfide) groups is 1. The lowest BCUT2D eigenvalue weighted by molar-refractivity contribution is -0.384. The Bertz CT molecular complexity index is 1210. The summed E-state index contributed by atoms with van der Waals surface area (Å²) in [4.78, 5) is 37.6. The number of nitro groups is 1. The second kappa shape index (κ2) is 8.84. The molecule has 0 saturated carbocycles. The van der Waals surface area contributed by atoms with Crippen LogP contribution in [0.5, 0.6) is 0 Å². The van der Waals surface area contributed by atoms with Gasteiger partial charge in [0.25, 0.3) is 11.6 Å². The van der Waals surface area contributed by atoms with E-state index >= 15 is 0 Å². The van der Waals surface area contributed by atoms with E-state index in [0.29, 0.717) is 11.4 Å². The van der Waals surface area contributed by atoms with Crippen LogP contribution in [0.1, 0.15) is 32.4 Å². The highest BCUT2D eigenvalue weighted by atomic mass is 32.2. The van der Waals surface area contributed by atoms with Gasteiger partial charge in [0, 0.05) is 29.1 Å². The van der Waals surface area contributed by atoms with Gasteiger partial charge < -0.3 is 5.32 Å². The van der Waals surface area contributed by atoms with E-state index in [0.717, 1.165) is 22.4 Å². The summed E-state index contributed by atoms with van der Waals surface area (Å²) in [5.74, 6) is -0.0229. The first kappa shape index (κ1) is 21.6. The van der Waals surface area contributed by atoms with Gasteiger partial charge in [0.05, 0.1) is 10.7 Å². The highest BCUT2D eigenvalue weighted by Crippen LogP contribution is 2.42. The monoisotopic (exact) mass is 447 g/mol. The molecule has 0 spiro atoms. The van der Waals surface area contributed by atoms with Gasteiger partial charge in [-0.05, 0) is 60.9 Å². The molecule has 0 radical (unpaired) electrons. The smallest absolute Gasteiger partial charge is 0.270 e. The van der Waals surface area contributed by atoms with Crippen molar-refractivity contribution in [3.8, 4) is 0 Å². The fraction of sp³-hybridized carbons (Fsp3) is 0.167. The number of anilines is 2. The molecule has 8 heteroatoms. The lowest BCUT2D eigenvalue weighted by atomic mass is 10.1. The van der Waals surface area contributed by atoms with Crippen LogP contribution in [0.15, 0.2) is 66.7 Å². The predicted octanol–water partition coefficient (Wildman–Crippen LogP) is 5.24. The summed E-state index contributed by atoms with van der Waals surface area (Å²) in [7, 11) is 0. The van der Waals surface area contributed by atoms with Crippen molar-refractivity contribution >= 4 is 40.6 Å². The van der Waals surface area contributed by atoms with Crippen LogP contribution in [0.3, 0.4) is 0 Å². The number of rotatable bonds is 5. The molecule has 1 atom stereocenters. The fourth-order valence-corrected chi connectivity index (χ4v) is 4.94. The van der Waals surface area contributed by atoms with Crippen LogP contribution in [-0.2, 0) is 4.79 Å². The van der Waals surface area contributed by atoms with Crippen LogP contribution in [-0.4, -0.2) is 22.5 Å². The van der Waals surface area contributed by atoms with Crippen molar-refractivity contribution in [2.75, 3.05) is 16.0 Å². The number of hydrogen-bond donors (Lipinski definition) is 1. The van der Waals surface area contributed by atoms with Crippen molar-refractivity contribution in [1.29, 1.82) is 0 Å². The summed E-state index contributed by atoms with van der Waals surface area (Å²) in [5.41, 5.74) is 4.52. The second-order valence-electron chi connectivity index (χ2n) is 7.66. The SMILES string of the molecule is Cc1cc(C)cc(N2C(=O)CSC2c2cccc(NC(=O)c3cccc([N+](=O)[O-])c3)c2)c1. The summed E-state index contributed by atoms with van der Waals surface area (Å²) in [6.45, 7) is 4.01. The fourth-order valence-electron chi connectivity index (χ4n) is 3.77. The van der Waals surface area contributed by atoms with Crippen LogP contribution in [0.4, 0.5) is 17.1 Å². The van der Waals surface area contributed by atoms with Crippen LogP contribution in [0, 0.1) is 24.0 Å². The minimum absolute atomic E-state index is 0.0380. The Balaban J connectivity index is 1.59. The Labute approximate surface area is 189 Å². The quantitative estimate of drug-likeness (QED) is 0.426. The molecule has 162 valence electrons. The molecule has 0 bridgehead atoms. The van der Waals surface area contributed by atoms with Gasteiger partial charge in [0.2, 0.25) is 5.91 Å². The summed E-state index contributed by atoms with van der Waals surface area (Å²) in [5, 5.41) is 13.6. The molecule has 3 aromatic carbocycles. The number of nitro benzene ring substituents is 1. The highest BCUT2D eigenvalue weighted by Gasteiger charge is 2.34. The minimum atomic E-state index is -0.534. The first-order valence-electron chi connectivity index (χ1n) is 9.99. The molecular weight excluding hydrogens is 426 g/mol. The van der Waals surface area contributed by atoms with Gasteiger partial charge in [0.15, 0.2) is 0 Å². The molecule has 0 aliphatic carbocycles. The highest BCUT2D eigenvalue weighted by molar-refractivity contribution is 8.00. The second-order valence-corrected chi connectivity index (χ2v) is 8.73. The molecule has 1 saturated heterocycles. The Morgan fingerprint density at radius 1 is 1.06 bits per heavy atom. The maximum atomic E-state index is 12.7. The van der Waals surface area contributed by atoms with Gasteiger partial charge in [-0.3, -0.25) is 24.6 Å². The standard InChI is InChI=1S/C24H21N3O4S/c1-15-9-16(2)11-21(10-15)26-22(28)14-32-24(26)18-6-3-7-19(12-18)25-23(29)17-5-4-8-20(13-17)27(30)31/h3-13,24H,14H2,1-2H3,(H,25,29). The summed E-state index contributed by atoms with van der Waals surface area (Å²) in [6.07, 6.45) is 0. The lowest BCUT2D eigenvalue weighted by Gasteiger charge is -2.25. The van der Waals surface area contributed by atoms with E-state index in [1.807, 2.05) is 44.2 Å². The average Bonchev–Trinajstić information content (AvgIpc) is 3.15. The molecule has 32 heavy (non-hydrogen) atoms. The van der Waals surface area contributed by atoms with Crippen LogP contribution < -0.4 is 10.2 Å². The average molecular weight is 448 g/mol. The summed E-state index contributed by atoms with van der Waals surface area (Å²) < 4.78 is 0. The van der Waals surface area contributed by atoms with Crippen molar-refractivity contribution in [3.63, 3.8) is 0 Å². The molecule has 1 unspecified atom stereocenters. The third-order valence-electron chi connectivity index (χ3n) is 5.10. The van der Waals surface area contributed by atoms with E-state index in [1.54, 1.807) is 11.0 Å². The van der Waals surface area contributed by atoms with E-state index < -0.39 is 10.8 Å². The van der Waals surface area contributed by atoms with Gasteiger partial charge >= 0.3 is 0 Å². The largest absolute Gasteiger partial charge is 0.322 e. The van der Waals surface area contributed by atoms with E-state index in [1.165, 1.54) is 36.0 Å². The normalized spacial score (nSPS) is 15.6. The molecule has 4 rings (SSSR count). The molecule has 2 amide bonds. The van der Waals surface area contributed by atoms with E-state index in [-0.39, 0.29) is 22.5 Å². The van der Waals surface area contributed by atoms with Crippen LogP contribution in [0.25, 0.3) is 0 Å². The zero-order valence-corrected chi connectivity index (χ0v) is 18.4. The van der Waals surface area contributed by atoms with Crippen LogP contribution >= 0.6 is 11.8 Å². The molecule has 1 aliphatic rings. The third-order valence-corrected chi connectivity index (χ3v) is 6.31. The topological polar surface area (TPSA) is 92.6 Å². The van der Waals surface area contributed by atoms with Gasteiger partial charge in [-0.2, -0.15) is 0 Å². The maximum absolute atomic E-state index is 12.7. The predicted molar refractivity (Wildman–Crippen MR) is 126 cm³/mol. The summed E-state index contributed by atoms with van der Waals surface area (Å²) >= 11 is 1.54. The van der Waals surface area contributed by atoms with Gasteiger partial charge in [0.1, 0.15) is 5.37 Å². The zero-order chi connectivity index (χ0) is 22.8. The maximum Gasteiger partial charge on any atom is 0.270 e. The minimum Gasteiger partial charge on any atom is -0.322 e. The molecule has 1 fully saturated rings. The number of nitrogens with one attached hydrogen (secondary N) is 1. The van der Waals surface area contributed by atoms with E-state index in [9.17, 15) is 19.7 Å². The van der Waals surface area contributed by atoms with Crippen LogP contribution in [0.2, 0.25) is 0 Å². The Morgan fingerprint density at radius 2 is 1.78 bits per heavy atom. The number of hydrogen-bond acceptors (Lipinski definition) is 5. The van der Waals surface area contributed by atoms with Crippen molar-refractivity contribution in [2.24, 2.45) is 0 Å². The summed E-state index contributed by atoms with van der Waals surface area (Å²) in [6, 6.07) is 19.0. The third kappa shape index (κ3) is 4.50. The number of benzene rings is 3. The molecule has 7 nitrogen and oxygen atoms in total. The van der Waals surface area contributed by atoms with E-state index in [4.69, 9.17) is 0 Å². The Kier molecular flexibility index (Phi) is 5.96. The molecule has 1 N–H and O–H groups in total. The number of non-ortho nitro benzene ring substituents is 1. The van der Waals surface area contributed by atoms with Crippen molar-refractivity contribution < 1.29 is 14.5 Å². The Hall–Kier alpha value is -3.65. The van der Waals surface area contributed by atoms with E-state index in [2.05, 4.69) is 11.4 Å². The molecule has 1 heterocycles. The molecule has 3 aromatic rings. The number of carbonyl (C=O) groups is 2. The number of amides is 2. The van der Waals surface area contributed by atoms with Gasteiger partial charge in [-0.1, -0.05) is 24.3 Å². The first-order valence-corrected chi connectivity index (χ1v) is 11.0. The number of aryl methyl sites for hydroxylation is 2. The first-order chi connectivity index (χ1) is 15.3.